The van der Waals surface area contributed by atoms with Gasteiger partial charge in [-0.3, -0.25) is 0 Å². The van der Waals surface area contributed by atoms with Crippen LogP contribution in [0.1, 0.15) is 44.2 Å². The lowest BCUT2D eigenvalue weighted by atomic mass is 9.87. The van der Waals surface area contributed by atoms with Crippen molar-refractivity contribution < 1.29 is 0 Å². The molecule has 1 atom stereocenters. The third-order valence-corrected chi connectivity index (χ3v) is 3.58. The molecule has 1 aliphatic rings. The van der Waals surface area contributed by atoms with E-state index in [1.807, 2.05) is 0 Å². The van der Waals surface area contributed by atoms with Gasteiger partial charge in [-0.25, -0.2) is 0 Å². The highest BCUT2D eigenvalue weighted by atomic mass is 15.1. The van der Waals surface area contributed by atoms with Crippen molar-refractivity contribution in [1.82, 2.24) is 4.90 Å². The van der Waals surface area contributed by atoms with E-state index in [4.69, 9.17) is 0 Å². The Kier molecular flexibility index (Phi) is 3.58. The number of rotatable bonds is 2. The fraction of sp³-hybridized carbons (Fsp3) is 0.625. The van der Waals surface area contributed by atoms with E-state index in [2.05, 4.69) is 57.0 Å². The van der Waals surface area contributed by atoms with Gasteiger partial charge in [0.2, 0.25) is 0 Å². The molecule has 1 fully saturated rings. The number of nitrogens with zero attached hydrogens (tertiary/aromatic N) is 1. The van der Waals surface area contributed by atoms with Gasteiger partial charge in [0.25, 0.3) is 0 Å². The lowest BCUT2D eigenvalue weighted by Gasteiger charge is -2.18. The van der Waals surface area contributed by atoms with Crippen LogP contribution in [0.2, 0.25) is 0 Å². The summed E-state index contributed by atoms with van der Waals surface area (Å²) < 4.78 is 0. The Morgan fingerprint density at radius 3 is 2.29 bits per heavy atom. The molecule has 1 aromatic carbocycles. The number of hydrogen-bond acceptors (Lipinski definition) is 1. The molecule has 17 heavy (non-hydrogen) atoms. The Balaban J connectivity index is 2.03. The summed E-state index contributed by atoms with van der Waals surface area (Å²) in [5.74, 6) is 0.753. The smallest absolute Gasteiger partial charge is 0.00477 e. The Bertz CT molecular complexity index is 358. The summed E-state index contributed by atoms with van der Waals surface area (Å²) >= 11 is 0. The molecule has 0 spiro atoms. The van der Waals surface area contributed by atoms with Crippen molar-refractivity contribution in [2.45, 2.75) is 39.5 Å². The molecule has 94 valence electrons. The van der Waals surface area contributed by atoms with Gasteiger partial charge >= 0.3 is 0 Å². The number of likely N-dealkylation sites (tertiary alicyclic amines) is 1. The first-order valence-corrected chi connectivity index (χ1v) is 6.71. The van der Waals surface area contributed by atoms with Crippen LogP contribution in [0.5, 0.6) is 0 Å². The van der Waals surface area contributed by atoms with E-state index in [-0.39, 0.29) is 0 Å². The van der Waals surface area contributed by atoms with Gasteiger partial charge in [-0.05, 0) is 48.9 Å². The first-order valence-electron chi connectivity index (χ1n) is 6.71. The van der Waals surface area contributed by atoms with E-state index < -0.39 is 0 Å². The van der Waals surface area contributed by atoms with E-state index in [9.17, 15) is 0 Å². The maximum atomic E-state index is 2.42. The molecule has 1 aromatic rings. The summed E-state index contributed by atoms with van der Waals surface area (Å²) in [6, 6.07) is 9.31. The van der Waals surface area contributed by atoms with Crippen LogP contribution in [0, 0.1) is 5.41 Å². The van der Waals surface area contributed by atoms with Gasteiger partial charge in [0.1, 0.15) is 0 Å². The highest BCUT2D eigenvalue weighted by Gasteiger charge is 2.21. The fourth-order valence-electron chi connectivity index (χ4n) is 2.73. The average Bonchev–Trinajstić information content (AvgIpc) is 2.63. The third-order valence-electron chi connectivity index (χ3n) is 3.58. The predicted octanol–water partition coefficient (Wildman–Crippen LogP) is 3.69. The standard InChI is InChI=1S/C16H25N/c1-16(2,3)11-13-5-7-14(8-6-13)15-9-10-17(4)12-15/h5-8,15H,9-12H2,1-4H3. The molecule has 0 aromatic heterocycles. The van der Waals surface area contributed by atoms with Crippen molar-refractivity contribution in [2.75, 3.05) is 20.1 Å². The molecule has 0 N–H and O–H groups in total. The first kappa shape index (κ1) is 12.6. The molecular formula is C16H25N. The lowest BCUT2D eigenvalue weighted by molar-refractivity contribution is 0.410. The van der Waals surface area contributed by atoms with Crippen molar-refractivity contribution in [1.29, 1.82) is 0 Å². The molecule has 1 unspecified atom stereocenters. The van der Waals surface area contributed by atoms with Gasteiger partial charge < -0.3 is 4.90 Å². The molecular weight excluding hydrogens is 206 g/mol. The van der Waals surface area contributed by atoms with Gasteiger partial charge in [0, 0.05) is 6.54 Å². The summed E-state index contributed by atoms with van der Waals surface area (Å²) in [6.45, 7) is 9.36. The van der Waals surface area contributed by atoms with E-state index in [1.165, 1.54) is 30.6 Å². The van der Waals surface area contributed by atoms with Crippen LogP contribution >= 0.6 is 0 Å². The van der Waals surface area contributed by atoms with Crippen molar-refractivity contribution in [3.63, 3.8) is 0 Å². The lowest BCUT2D eigenvalue weighted by Crippen LogP contribution is -2.13. The summed E-state index contributed by atoms with van der Waals surface area (Å²) in [4.78, 5) is 2.42. The average molecular weight is 231 g/mol. The molecule has 1 heteroatoms. The summed E-state index contributed by atoms with van der Waals surface area (Å²) in [7, 11) is 2.22. The third kappa shape index (κ3) is 3.57. The molecule has 1 saturated heterocycles. The summed E-state index contributed by atoms with van der Waals surface area (Å²) in [5, 5.41) is 0. The maximum Gasteiger partial charge on any atom is 0.00477 e. The van der Waals surface area contributed by atoms with Crippen LogP contribution in [0.15, 0.2) is 24.3 Å². The van der Waals surface area contributed by atoms with Crippen LogP contribution in [-0.2, 0) is 6.42 Å². The molecule has 0 amide bonds. The zero-order chi connectivity index (χ0) is 12.5. The van der Waals surface area contributed by atoms with Crippen molar-refractivity contribution >= 4 is 0 Å². The van der Waals surface area contributed by atoms with E-state index in [0.717, 1.165) is 12.3 Å². The minimum Gasteiger partial charge on any atom is -0.306 e. The van der Waals surface area contributed by atoms with Crippen molar-refractivity contribution in [3.05, 3.63) is 35.4 Å². The first-order chi connectivity index (χ1) is 7.94. The second-order valence-electron chi connectivity index (χ2n) is 6.73. The SMILES string of the molecule is CN1CCC(c2ccc(CC(C)(C)C)cc2)C1. The second-order valence-corrected chi connectivity index (χ2v) is 6.73. The Morgan fingerprint density at radius 1 is 1.18 bits per heavy atom. The number of hydrogen-bond donors (Lipinski definition) is 0. The molecule has 2 rings (SSSR count). The highest BCUT2D eigenvalue weighted by Crippen LogP contribution is 2.27. The molecule has 0 aliphatic carbocycles. The summed E-state index contributed by atoms with van der Waals surface area (Å²) in [6.07, 6.45) is 2.48. The molecule has 0 bridgehead atoms. The van der Waals surface area contributed by atoms with Crippen LogP contribution in [-0.4, -0.2) is 25.0 Å². The largest absolute Gasteiger partial charge is 0.306 e. The van der Waals surface area contributed by atoms with Gasteiger partial charge in [-0.2, -0.15) is 0 Å². The maximum absolute atomic E-state index is 2.42. The predicted molar refractivity (Wildman–Crippen MR) is 74.5 cm³/mol. The minimum absolute atomic E-state index is 0.384. The molecule has 0 radical (unpaired) electrons. The Hall–Kier alpha value is -0.820. The Morgan fingerprint density at radius 2 is 1.82 bits per heavy atom. The van der Waals surface area contributed by atoms with Crippen LogP contribution in [0.25, 0.3) is 0 Å². The van der Waals surface area contributed by atoms with Gasteiger partial charge in [-0.15, -0.1) is 0 Å². The van der Waals surface area contributed by atoms with E-state index in [1.54, 1.807) is 0 Å². The number of benzene rings is 1. The Labute approximate surface area is 106 Å². The highest BCUT2D eigenvalue weighted by molar-refractivity contribution is 5.27. The minimum atomic E-state index is 0.384. The van der Waals surface area contributed by atoms with Crippen molar-refractivity contribution in [2.24, 2.45) is 5.41 Å². The van der Waals surface area contributed by atoms with E-state index in [0.29, 0.717) is 5.41 Å². The van der Waals surface area contributed by atoms with Gasteiger partial charge in [-0.1, -0.05) is 45.0 Å². The van der Waals surface area contributed by atoms with Crippen LogP contribution in [0.4, 0.5) is 0 Å². The van der Waals surface area contributed by atoms with Crippen molar-refractivity contribution in [3.8, 4) is 0 Å². The molecule has 0 saturated carbocycles. The van der Waals surface area contributed by atoms with Crippen LogP contribution in [0.3, 0.4) is 0 Å². The normalized spacial score (nSPS) is 22.0. The number of likely N-dealkylation sites (N-methyl/N-ethyl adjacent to an activating group) is 1. The second kappa shape index (κ2) is 4.81. The quantitative estimate of drug-likeness (QED) is 0.750. The molecule has 1 heterocycles. The van der Waals surface area contributed by atoms with Gasteiger partial charge in [0.05, 0.1) is 0 Å². The molecule has 1 aliphatic heterocycles. The fourth-order valence-corrected chi connectivity index (χ4v) is 2.73. The van der Waals surface area contributed by atoms with Gasteiger partial charge in [0.15, 0.2) is 0 Å². The van der Waals surface area contributed by atoms with Crippen LogP contribution < -0.4 is 0 Å². The molecule has 1 nitrogen and oxygen atoms in total. The summed E-state index contributed by atoms with van der Waals surface area (Å²) in [5.41, 5.74) is 3.37. The topological polar surface area (TPSA) is 3.24 Å². The monoisotopic (exact) mass is 231 g/mol. The van der Waals surface area contributed by atoms with E-state index >= 15 is 0 Å². The zero-order valence-corrected chi connectivity index (χ0v) is 11.7. The zero-order valence-electron chi connectivity index (χ0n) is 11.7.